The number of hydrogen-bond acceptors (Lipinski definition) is 0. The van der Waals surface area contributed by atoms with E-state index in [1.165, 1.54) is 87.0 Å². The maximum absolute atomic E-state index is 12.4. The van der Waals surface area contributed by atoms with Crippen molar-refractivity contribution in [3.63, 3.8) is 0 Å². The summed E-state index contributed by atoms with van der Waals surface area (Å²) in [5, 5.41) is 0. The molecule has 6 heteroatoms. The number of alkyl halides is 6. The fourth-order valence-corrected chi connectivity index (χ4v) is 9.59. The van der Waals surface area contributed by atoms with Crippen LogP contribution in [0.25, 0.3) is 0 Å². The van der Waals surface area contributed by atoms with Gasteiger partial charge < -0.3 is 0 Å². The molecule has 4 aromatic rings. The van der Waals surface area contributed by atoms with Gasteiger partial charge in [-0.25, -0.2) is 0 Å². The molecule has 0 aromatic heterocycles. The van der Waals surface area contributed by atoms with Crippen LogP contribution in [0.3, 0.4) is 0 Å². The van der Waals surface area contributed by atoms with E-state index in [1.54, 1.807) is 19.9 Å². The van der Waals surface area contributed by atoms with E-state index in [2.05, 4.69) is 188 Å². The third-order valence-electron chi connectivity index (χ3n) is 15.1. The molecular formula is C66H104F6. The molecule has 72 heavy (non-hydrogen) atoms. The zero-order valence-electron chi connectivity index (χ0n) is 50.1. The van der Waals surface area contributed by atoms with E-state index in [-0.39, 0.29) is 6.42 Å². The van der Waals surface area contributed by atoms with Crippen molar-refractivity contribution in [3.05, 3.63) is 139 Å². The van der Waals surface area contributed by atoms with E-state index in [9.17, 15) is 26.3 Å². The molecule has 0 nitrogen and oxygen atoms in total. The molecule has 0 saturated heterocycles. The third-order valence-corrected chi connectivity index (χ3v) is 15.1. The Morgan fingerprint density at radius 3 is 1.01 bits per heavy atom. The number of hydrogen-bond donors (Lipinski definition) is 0. The van der Waals surface area contributed by atoms with Gasteiger partial charge in [0.1, 0.15) is 0 Å². The Bertz CT molecular complexity index is 2060. The van der Waals surface area contributed by atoms with Gasteiger partial charge in [-0.15, -0.1) is 0 Å². The lowest BCUT2D eigenvalue weighted by Crippen LogP contribution is -2.34. The summed E-state index contributed by atoms with van der Waals surface area (Å²) in [6.45, 7) is 52.3. The van der Waals surface area contributed by atoms with Crippen LogP contribution in [0, 0.1) is 52.9 Å². The molecule has 0 radical (unpaired) electrons. The highest BCUT2D eigenvalue weighted by molar-refractivity contribution is 5.43. The van der Waals surface area contributed by atoms with Gasteiger partial charge in [0.05, 0.1) is 11.0 Å². The molecule has 1 aliphatic carbocycles. The van der Waals surface area contributed by atoms with E-state index in [0.29, 0.717) is 65.4 Å². The molecule has 0 N–H and O–H groups in total. The Labute approximate surface area is 439 Å². The lowest BCUT2D eigenvalue weighted by molar-refractivity contribution is -0.223. The molecule has 0 aliphatic heterocycles. The fraction of sp³-hybridized carbons (Fsp3) is 0.636. The second-order valence-corrected chi connectivity index (χ2v) is 23.0. The minimum absolute atomic E-state index is 0.247. The molecule has 0 atom stereocenters. The highest BCUT2D eigenvalue weighted by atomic mass is 19.4. The monoisotopic (exact) mass is 1010 g/mol. The van der Waals surface area contributed by atoms with Crippen molar-refractivity contribution in [3.8, 4) is 0 Å². The normalized spacial score (nSPS) is 13.4. The Hall–Kier alpha value is -3.54. The summed E-state index contributed by atoms with van der Waals surface area (Å²) in [6, 6.07) is 20.3. The van der Waals surface area contributed by atoms with Crippen molar-refractivity contribution in [2.45, 2.75) is 265 Å². The summed E-state index contributed by atoms with van der Waals surface area (Å²) >= 11 is 0. The Morgan fingerprint density at radius 2 is 0.764 bits per heavy atom. The average Bonchev–Trinajstić information content (AvgIpc) is 3.79. The largest absolute Gasteiger partial charge is 0.416 e. The van der Waals surface area contributed by atoms with Gasteiger partial charge in [-0.1, -0.05) is 210 Å². The zero-order valence-corrected chi connectivity index (χ0v) is 50.1. The van der Waals surface area contributed by atoms with Gasteiger partial charge in [-0.3, -0.25) is 0 Å². The Morgan fingerprint density at radius 1 is 0.431 bits per heavy atom. The predicted octanol–water partition coefficient (Wildman–Crippen LogP) is 23.4. The zero-order chi connectivity index (χ0) is 56.2. The fourth-order valence-electron chi connectivity index (χ4n) is 9.59. The van der Waals surface area contributed by atoms with Gasteiger partial charge in [0.25, 0.3) is 0 Å². The molecule has 0 heterocycles. The van der Waals surface area contributed by atoms with Crippen molar-refractivity contribution in [2.75, 3.05) is 0 Å². The quantitative estimate of drug-likeness (QED) is 0.139. The molecule has 4 aromatic carbocycles. The maximum Gasteiger partial charge on any atom is 0.416 e. The van der Waals surface area contributed by atoms with Crippen LogP contribution < -0.4 is 0 Å². The van der Waals surface area contributed by atoms with E-state index in [1.807, 2.05) is 0 Å². The van der Waals surface area contributed by atoms with E-state index in [0.717, 1.165) is 24.8 Å². The molecule has 0 bridgehead atoms. The first-order valence-electron chi connectivity index (χ1n) is 27.6. The molecule has 0 spiro atoms. The van der Waals surface area contributed by atoms with Crippen LogP contribution in [0.5, 0.6) is 0 Å². The van der Waals surface area contributed by atoms with Crippen molar-refractivity contribution in [1.29, 1.82) is 0 Å². The number of rotatable bonds is 10. The minimum atomic E-state index is -4.23. The highest BCUT2D eigenvalue weighted by Gasteiger charge is 2.54. The summed E-state index contributed by atoms with van der Waals surface area (Å²) in [5.41, 5.74) is 15.5. The lowest BCUT2D eigenvalue weighted by atomic mass is 9.83. The standard InChI is InChI=1S/C16H26.C14H22.C13H20.C9H9F3.C8H13F3.C6H14/c1-10(2)14-8-15(11(3)4)13(7)16(9-14)12(5)6;1-9(2)13-7-11(5)8-14(10(3)4)12(13)6;1-9(2)12-7-6-8-13(10(3)4)11(12)5;1-6-4-3-5-8(7(6)2)9(10,11)12;1-2-7(8(9,10)11)5-3-4-6-7;1-4-6(3)5-2/h8-12H,1-7H3;7-10H,1-6H3;6-10H,1-5H3;3-5H,1-2H3;2-6H2,1H3;6H,4-5H2,1-3H3. The first-order chi connectivity index (χ1) is 33.1. The first kappa shape index (κ1) is 68.5. The molecular weight excluding hydrogens is 907 g/mol. The van der Waals surface area contributed by atoms with E-state index in [4.69, 9.17) is 0 Å². The van der Waals surface area contributed by atoms with Crippen LogP contribution >= 0.6 is 0 Å². The maximum atomic E-state index is 12.4. The second kappa shape index (κ2) is 31.4. The summed E-state index contributed by atoms with van der Waals surface area (Å²) in [4.78, 5) is 0. The van der Waals surface area contributed by atoms with Crippen LogP contribution in [0.4, 0.5) is 26.3 Å². The molecule has 1 saturated carbocycles. The first-order valence-corrected chi connectivity index (χ1v) is 27.6. The second-order valence-electron chi connectivity index (χ2n) is 23.0. The molecule has 0 amide bonds. The van der Waals surface area contributed by atoms with Crippen LogP contribution in [-0.2, 0) is 6.18 Å². The van der Waals surface area contributed by atoms with Crippen molar-refractivity contribution in [1.82, 2.24) is 0 Å². The summed E-state index contributed by atoms with van der Waals surface area (Å²) < 4.78 is 73.9. The smallest absolute Gasteiger partial charge is 0.171 e. The number of aryl methyl sites for hydroxylation is 2. The number of benzene rings is 4. The van der Waals surface area contributed by atoms with Crippen LogP contribution in [-0.4, -0.2) is 6.18 Å². The van der Waals surface area contributed by atoms with Crippen molar-refractivity contribution in [2.24, 2.45) is 11.3 Å². The van der Waals surface area contributed by atoms with Crippen LogP contribution in [0.15, 0.2) is 60.7 Å². The van der Waals surface area contributed by atoms with Gasteiger partial charge in [0.15, 0.2) is 0 Å². The Balaban J connectivity index is 0.000000854. The molecule has 0 unspecified atom stereocenters. The van der Waals surface area contributed by atoms with E-state index < -0.39 is 23.3 Å². The summed E-state index contributed by atoms with van der Waals surface area (Å²) in [7, 11) is 0. The van der Waals surface area contributed by atoms with Gasteiger partial charge in [0, 0.05) is 0 Å². The minimum Gasteiger partial charge on any atom is -0.171 e. The topological polar surface area (TPSA) is 0 Å². The number of halogens is 6. The predicted molar refractivity (Wildman–Crippen MR) is 305 cm³/mol. The van der Waals surface area contributed by atoms with Crippen molar-refractivity contribution < 1.29 is 26.3 Å². The summed E-state index contributed by atoms with van der Waals surface area (Å²) in [6.07, 6.45) is -3.13. The van der Waals surface area contributed by atoms with E-state index >= 15 is 0 Å². The SMILES string of the molecule is CCC(C)CC.CCC1(C(F)(F)F)CCCC1.Cc1c(C(C)C)cc(C(C)C)cc1C(C)C.Cc1c(C(C)C)cccc1C(C)C.Cc1cc(C(C)C)c(C)c(C(C)C)c1.Cc1cccc(C(F)(F)F)c1C. The van der Waals surface area contributed by atoms with Crippen LogP contribution in [0.1, 0.15) is 289 Å². The van der Waals surface area contributed by atoms with Gasteiger partial charge >= 0.3 is 12.4 Å². The third kappa shape index (κ3) is 21.4. The molecule has 1 fully saturated rings. The molecule has 410 valence electrons. The average molecular weight is 1010 g/mol. The highest BCUT2D eigenvalue weighted by Crippen LogP contribution is 2.52. The molecule has 5 rings (SSSR count). The van der Waals surface area contributed by atoms with Crippen molar-refractivity contribution >= 4 is 0 Å². The van der Waals surface area contributed by atoms with Crippen LogP contribution in [0.2, 0.25) is 0 Å². The lowest BCUT2D eigenvalue weighted by Gasteiger charge is -2.29. The Kier molecular flexibility index (Phi) is 29.8. The van der Waals surface area contributed by atoms with Gasteiger partial charge in [-0.2, -0.15) is 26.3 Å². The molecule has 1 aliphatic rings. The summed E-state index contributed by atoms with van der Waals surface area (Å²) in [5.74, 6) is 5.34. The van der Waals surface area contributed by atoms with Gasteiger partial charge in [0.2, 0.25) is 0 Å². The van der Waals surface area contributed by atoms with Gasteiger partial charge in [-0.05, 0) is 181 Å².